The van der Waals surface area contributed by atoms with Crippen LogP contribution in [0.3, 0.4) is 0 Å². The Balaban J connectivity index is 1.68. The molecule has 0 radical (unpaired) electrons. The predicted molar refractivity (Wildman–Crippen MR) is 81.0 cm³/mol. The van der Waals surface area contributed by atoms with Gasteiger partial charge < -0.3 is 20.4 Å². The van der Waals surface area contributed by atoms with Crippen molar-refractivity contribution in [1.82, 2.24) is 14.9 Å². The predicted octanol–water partition coefficient (Wildman–Crippen LogP) is 1.35. The van der Waals surface area contributed by atoms with Crippen LogP contribution in [0, 0.1) is 0 Å². The van der Waals surface area contributed by atoms with Crippen molar-refractivity contribution in [3.8, 4) is 5.75 Å². The highest BCUT2D eigenvalue weighted by atomic mass is 16.5. The molecule has 3 rings (SSSR count). The number of benzene rings is 1. The summed E-state index contributed by atoms with van der Waals surface area (Å²) in [5.74, 6) is 1.36. The van der Waals surface area contributed by atoms with Crippen LogP contribution in [0.2, 0.25) is 0 Å². The number of guanidine groups is 1. The number of imidazole rings is 1. The number of nitrogens with zero attached hydrogens (tertiary/aromatic N) is 3. The van der Waals surface area contributed by atoms with Crippen LogP contribution in [0.15, 0.2) is 41.8 Å². The van der Waals surface area contributed by atoms with Gasteiger partial charge in [0.2, 0.25) is 0 Å². The molecule has 0 bridgehead atoms. The first-order valence-electron chi connectivity index (χ1n) is 6.97. The van der Waals surface area contributed by atoms with Crippen LogP contribution >= 0.6 is 0 Å². The Morgan fingerprint density at radius 1 is 1.52 bits per heavy atom. The highest BCUT2D eigenvalue weighted by molar-refractivity contribution is 5.78. The van der Waals surface area contributed by atoms with Crippen LogP contribution in [0.4, 0.5) is 0 Å². The number of nitrogens with one attached hydrogen (secondary N) is 1. The minimum Gasteiger partial charge on any atom is -0.493 e. The number of hydrogen-bond donors (Lipinski definition) is 2. The van der Waals surface area contributed by atoms with Crippen molar-refractivity contribution in [2.45, 2.75) is 19.0 Å². The Morgan fingerprint density at radius 3 is 3.19 bits per heavy atom. The molecule has 6 nitrogen and oxygen atoms in total. The third kappa shape index (κ3) is 2.99. The molecular formula is C15H19N5O. The van der Waals surface area contributed by atoms with E-state index in [4.69, 9.17) is 10.5 Å². The van der Waals surface area contributed by atoms with Crippen molar-refractivity contribution in [1.29, 1.82) is 0 Å². The van der Waals surface area contributed by atoms with E-state index in [0.717, 1.165) is 23.4 Å². The van der Waals surface area contributed by atoms with Crippen LogP contribution in [0.5, 0.6) is 5.75 Å². The van der Waals surface area contributed by atoms with Gasteiger partial charge in [-0.25, -0.2) is 9.98 Å². The number of nitrogens with two attached hydrogens (primary N) is 1. The molecule has 1 aromatic heterocycles. The zero-order valence-electron chi connectivity index (χ0n) is 12.0. The van der Waals surface area contributed by atoms with Crippen LogP contribution < -0.4 is 15.8 Å². The molecule has 3 N–H and O–H groups in total. The first-order valence-corrected chi connectivity index (χ1v) is 6.97. The van der Waals surface area contributed by atoms with Gasteiger partial charge in [-0.15, -0.1) is 0 Å². The molecule has 0 amide bonds. The van der Waals surface area contributed by atoms with Crippen molar-refractivity contribution >= 4 is 5.96 Å². The minimum atomic E-state index is 0.144. The Hall–Kier alpha value is -2.50. The number of aromatic nitrogens is 2. The molecule has 1 aliphatic heterocycles. The Labute approximate surface area is 123 Å². The van der Waals surface area contributed by atoms with Crippen LogP contribution in [-0.2, 0) is 13.6 Å². The summed E-state index contributed by atoms with van der Waals surface area (Å²) in [6.45, 7) is 1.20. The fraction of sp³-hybridized carbons (Fsp3) is 0.333. The van der Waals surface area contributed by atoms with Gasteiger partial charge in [-0.05, 0) is 6.07 Å². The Bertz CT molecular complexity index is 649. The maximum absolute atomic E-state index is 6.00. The molecule has 1 aliphatic rings. The van der Waals surface area contributed by atoms with E-state index in [1.165, 1.54) is 0 Å². The molecule has 1 aromatic carbocycles. The van der Waals surface area contributed by atoms with Crippen molar-refractivity contribution in [2.24, 2.45) is 17.8 Å². The van der Waals surface area contributed by atoms with Crippen molar-refractivity contribution in [2.75, 3.05) is 6.61 Å². The Morgan fingerprint density at radius 2 is 2.38 bits per heavy atom. The van der Waals surface area contributed by atoms with Gasteiger partial charge in [0.05, 0.1) is 37.4 Å². The Kier molecular flexibility index (Phi) is 3.77. The quantitative estimate of drug-likeness (QED) is 0.659. The molecule has 2 aromatic rings. The lowest BCUT2D eigenvalue weighted by Gasteiger charge is -2.26. The molecule has 0 saturated heterocycles. The largest absolute Gasteiger partial charge is 0.493 e. The summed E-state index contributed by atoms with van der Waals surface area (Å²) in [6.07, 6.45) is 4.42. The van der Waals surface area contributed by atoms with Gasteiger partial charge in [0.15, 0.2) is 5.96 Å². The summed E-state index contributed by atoms with van der Waals surface area (Å²) in [4.78, 5) is 8.44. The van der Waals surface area contributed by atoms with Crippen LogP contribution in [0.25, 0.3) is 0 Å². The van der Waals surface area contributed by atoms with Crippen LogP contribution in [0.1, 0.15) is 23.7 Å². The zero-order valence-corrected chi connectivity index (χ0v) is 12.0. The standard InChI is InChI=1S/C15H19N5O/c1-20-10-17-8-11(20)9-18-15(16)19-13-6-7-21-14-5-3-2-4-12(13)14/h2-5,8,10,13H,6-7,9H2,1H3,(H3,16,18,19). The number of ether oxygens (including phenoxy) is 1. The second kappa shape index (κ2) is 5.87. The second-order valence-electron chi connectivity index (χ2n) is 5.07. The smallest absolute Gasteiger partial charge is 0.189 e. The maximum atomic E-state index is 6.00. The van der Waals surface area contributed by atoms with E-state index in [9.17, 15) is 0 Å². The molecule has 1 atom stereocenters. The maximum Gasteiger partial charge on any atom is 0.189 e. The fourth-order valence-electron chi connectivity index (χ4n) is 2.42. The number of fused-ring (bicyclic) bond motifs is 1. The van der Waals surface area contributed by atoms with E-state index in [0.29, 0.717) is 19.1 Å². The first kappa shape index (κ1) is 13.5. The highest BCUT2D eigenvalue weighted by Gasteiger charge is 2.21. The minimum absolute atomic E-state index is 0.144. The number of aryl methyl sites for hydroxylation is 1. The third-order valence-electron chi connectivity index (χ3n) is 3.61. The normalized spacial score (nSPS) is 18.0. The van der Waals surface area contributed by atoms with E-state index < -0.39 is 0 Å². The van der Waals surface area contributed by atoms with Crippen molar-refractivity contribution in [3.63, 3.8) is 0 Å². The summed E-state index contributed by atoms with van der Waals surface area (Å²) in [7, 11) is 1.94. The molecular weight excluding hydrogens is 266 g/mol. The summed E-state index contributed by atoms with van der Waals surface area (Å²) in [6, 6.07) is 8.16. The highest BCUT2D eigenvalue weighted by Crippen LogP contribution is 2.31. The van der Waals surface area contributed by atoms with E-state index in [-0.39, 0.29) is 6.04 Å². The summed E-state index contributed by atoms with van der Waals surface area (Å²) in [5, 5.41) is 3.28. The zero-order chi connectivity index (χ0) is 14.7. The number of rotatable bonds is 3. The summed E-state index contributed by atoms with van der Waals surface area (Å²) in [5.41, 5.74) is 8.14. The second-order valence-corrected chi connectivity index (χ2v) is 5.07. The fourth-order valence-corrected chi connectivity index (χ4v) is 2.42. The molecule has 6 heteroatoms. The molecule has 0 aliphatic carbocycles. The van der Waals surface area contributed by atoms with Gasteiger partial charge in [-0.2, -0.15) is 0 Å². The SMILES string of the molecule is Cn1cncc1CN=C(N)NC1CCOc2ccccc21. The van der Waals surface area contributed by atoms with E-state index in [2.05, 4.69) is 21.4 Å². The lowest BCUT2D eigenvalue weighted by atomic mass is 10.0. The van der Waals surface area contributed by atoms with Gasteiger partial charge in [-0.1, -0.05) is 18.2 Å². The number of para-hydroxylation sites is 1. The summed E-state index contributed by atoms with van der Waals surface area (Å²) < 4.78 is 7.57. The topological polar surface area (TPSA) is 77.5 Å². The number of aliphatic imine (C=N–C) groups is 1. The van der Waals surface area contributed by atoms with Gasteiger partial charge >= 0.3 is 0 Å². The molecule has 0 fully saturated rings. The van der Waals surface area contributed by atoms with Crippen LogP contribution in [-0.4, -0.2) is 22.1 Å². The van der Waals surface area contributed by atoms with Gasteiger partial charge in [0.25, 0.3) is 0 Å². The molecule has 0 saturated carbocycles. The van der Waals surface area contributed by atoms with Crippen molar-refractivity contribution in [3.05, 3.63) is 48.0 Å². The molecule has 2 heterocycles. The van der Waals surface area contributed by atoms with Crippen molar-refractivity contribution < 1.29 is 4.74 Å². The van der Waals surface area contributed by atoms with Gasteiger partial charge in [-0.3, -0.25) is 0 Å². The van der Waals surface area contributed by atoms with E-state index in [1.807, 2.05) is 29.8 Å². The van der Waals surface area contributed by atoms with E-state index >= 15 is 0 Å². The lowest BCUT2D eigenvalue weighted by molar-refractivity contribution is 0.262. The van der Waals surface area contributed by atoms with Gasteiger partial charge in [0, 0.05) is 19.0 Å². The summed E-state index contributed by atoms with van der Waals surface area (Å²) >= 11 is 0. The van der Waals surface area contributed by atoms with E-state index in [1.54, 1.807) is 12.5 Å². The molecule has 1 unspecified atom stereocenters. The van der Waals surface area contributed by atoms with Gasteiger partial charge in [0.1, 0.15) is 5.75 Å². The average Bonchev–Trinajstić information content (AvgIpc) is 2.91. The average molecular weight is 285 g/mol. The number of hydrogen-bond acceptors (Lipinski definition) is 3. The first-order chi connectivity index (χ1) is 10.2. The lowest BCUT2D eigenvalue weighted by Crippen LogP contribution is -2.37. The molecule has 21 heavy (non-hydrogen) atoms. The molecule has 0 spiro atoms. The monoisotopic (exact) mass is 285 g/mol. The molecule has 110 valence electrons. The third-order valence-corrected chi connectivity index (χ3v) is 3.61.